The Bertz CT molecular complexity index is 901. The molecule has 7 heteroatoms. The molecule has 0 atom stereocenters. The lowest BCUT2D eigenvalue weighted by Gasteiger charge is -2.44. The number of ether oxygens (including phenoxy) is 1. The number of benzene rings is 1. The SMILES string of the molecule is CCNC(=O)N1CCc2nc(-c3ccc(OC4CC(N5CCCCC5)C4)cc3)sc2C1. The van der Waals surface area contributed by atoms with Crippen molar-refractivity contribution in [2.45, 2.75) is 64.1 Å². The van der Waals surface area contributed by atoms with Crippen LogP contribution >= 0.6 is 11.3 Å². The zero-order valence-corrected chi connectivity index (χ0v) is 19.1. The Morgan fingerprint density at radius 3 is 2.68 bits per heavy atom. The first-order valence-corrected chi connectivity index (χ1v) is 12.5. The number of amides is 2. The number of nitrogens with zero attached hydrogens (tertiary/aromatic N) is 3. The van der Waals surface area contributed by atoms with Crippen LogP contribution in [-0.2, 0) is 13.0 Å². The molecule has 166 valence electrons. The van der Waals surface area contributed by atoms with Crippen LogP contribution in [0.25, 0.3) is 10.6 Å². The van der Waals surface area contributed by atoms with E-state index in [9.17, 15) is 4.79 Å². The molecular weight excluding hydrogens is 408 g/mol. The van der Waals surface area contributed by atoms with Crippen LogP contribution in [0, 0.1) is 0 Å². The number of thiazole rings is 1. The molecule has 1 saturated carbocycles. The summed E-state index contributed by atoms with van der Waals surface area (Å²) in [7, 11) is 0. The Hall–Kier alpha value is -2.12. The van der Waals surface area contributed by atoms with Crippen molar-refractivity contribution < 1.29 is 9.53 Å². The Labute approximate surface area is 188 Å². The molecule has 0 spiro atoms. The molecule has 0 unspecified atom stereocenters. The van der Waals surface area contributed by atoms with Crippen LogP contribution < -0.4 is 10.1 Å². The maximum absolute atomic E-state index is 12.1. The summed E-state index contributed by atoms with van der Waals surface area (Å²) in [6, 6.07) is 9.12. The molecule has 5 rings (SSSR count). The third kappa shape index (κ3) is 4.58. The second-order valence-electron chi connectivity index (χ2n) is 8.88. The lowest BCUT2D eigenvalue weighted by Crippen LogP contribution is -2.50. The summed E-state index contributed by atoms with van der Waals surface area (Å²) in [6.45, 7) is 6.53. The first-order valence-electron chi connectivity index (χ1n) is 11.7. The number of hydrogen-bond acceptors (Lipinski definition) is 5. The maximum atomic E-state index is 12.1. The fraction of sp³-hybridized carbons (Fsp3) is 0.583. The van der Waals surface area contributed by atoms with Gasteiger partial charge in [-0.25, -0.2) is 9.78 Å². The van der Waals surface area contributed by atoms with Gasteiger partial charge in [0.05, 0.1) is 12.2 Å². The van der Waals surface area contributed by atoms with Crippen molar-refractivity contribution in [3.05, 3.63) is 34.8 Å². The standard InChI is InChI=1S/C24H32N4O2S/c1-2-25-24(29)28-13-10-21-22(16-28)31-23(26-21)17-6-8-19(9-7-17)30-20-14-18(15-20)27-11-4-3-5-12-27/h6-9,18,20H,2-5,10-16H2,1H3,(H,25,29). The second-order valence-corrected chi connectivity index (χ2v) is 9.97. The van der Waals surface area contributed by atoms with Crippen LogP contribution in [0.3, 0.4) is 0 Å². The predicted molar refractivity (Wildman–Crippen MR) is 124 cm³/mol. The molecule has 2 aromatic rings. The van der Waals surface area contributed by atoms with Crippen LogP contribution in [0.1, 0.15) is 49.6 Å². The number of urea groups is 1. The van der Waals surface area contributed by atoms with Gasteiger partial charge in [0.25, 0.3) is 0 Å². The van der Waals surface area contributed by atoms with Crippen LogP contribution in [0.2, 0.25) is 0 Å². The van der Waals surface area contributed by atoms with Gasteiger partial charge in [-0.15, -0.1) is 11.3 Å². The first kappa shape index (κ1) is 20.8. The van der Waals surface area contributed by atoms with Gasteiger partial charge in [-0.3, -0.25) is 0 Å². The number of fused-ring (bicyclic) bond motifs is 1. The summed E-state index contributed by atoms with van der Waals surface area (Å²) < 4.78 is 6.21. The number of likely N-dealkylation sites (tertiary alicyclic amines) is 1. The van der Waals surface area contributed by atoms with Crippen molar-refractivity contribution in [1.82, 2.24) is 20.1 Å². The van der Waals surface area contributed by atoms with E-state index in [1.165, 1.54) is 37.2 Å². The molecule has 6 nitrogen and oxygen atoms in total. The average molecular weight is 441 g/mol. The fourth-order valence-electron chi connectivity index (χ4n) is 4.84. The molecule has 0 radical (unpaired) electrons. The minimum absolute atomic E-state index is 0.0168. The van der Waals surface area contributed by atoms with Gasteiger partial charge in [-0.2, -0.15) is 0 Å². The number of carbonyl (C=O) groups excluding carboxylic acids is 1. The molecule has 31 heavy (non-hydrogen) atoms. The predicted octanol–water partition coefficient (Wildman–Crippen LogP) is 4.29. The lowest BCUT2D eigenvalue weighted by atomic mass is 9.86. The zero-order chi connectivity index (χ0) is 21.2. The maximum Gasteiger partial charge on any atom is 0.317 e. The molecule has 2 fully saturated rings. The monoisotopic (exact) mass is 440 g/mol. The molecule has 1 aliphatic carbocycles. The van der Waals surface area contributed by atoms with Crippen molar-refractivity contribution in [3.63, 3.8) is 0 Å². The van der Waals surface area contributed by atoms with E-state index in [0.717, 1.165) is 53.9 Å². The summed E-state index contributed by atoms with van der Waals surface area (Å²) in [5.74, 6) is 0.953. The normalized spacial score (nSPS) is 23.7. The molecule has 2 amide bonds. The van der Waals surface area contributed by atoms with Crippen molar-refractivity contribution >= 4 is 17.4 Å². The average Bonchev–Trinajstić information content (AvgIpc) is 3.20. The molecule has 0 bridgehead atoms. The Balaban J connectivity index is 1.16. The molecule has 1 aromatic heterocycles. The van der Waals surface area contributed by atoms with Gasteiger partial charge in [-0.1, -0.05) is 6.42 Å². The number of aromatic nitrogens is 1. The Morgan fingerprint density at radius 2 is 1.94 bits per heavy atom. The summed E-state index contributed by atoms with van der Waals surface area (Å²) in [5.41, 5.74) is 2.26. The summed E-state index contributed by atoms with van der Waals surface area (Å²) >= 11 is 1.70. The summed E-state index contributed by atoms with van der Waals surface area (Å²) in [4.78, 5) is 22.7. The van der Waals surface area contributed by atoms with E-state index in [1.807, 2.05) is 11.8 Å². The molecule has 3 aliphatic rings. The Kier molecular flexibility index (Phi) is 6.14. The third-order valence-corrected chi connectivity index (χ3v) is 7.86. The molecule has 1 aromatic carbocycles. The minimum atomic E-state index is 0.0168. The van der Waals surface area contributed by atoms with Gasteiger partial charge in [0, 0.05) is 48.8 Å². The van der Waals surface area contributed by atoms with E-state index < -0.39 is 0 Å². The van der Waals surface area contributed by atoms with E-state index in [0.29, 0.717) is 19.2 Å². The van der Waals surface area contributed by atoms with Gasteiger partial charge in [0.15, 0.2) is 0 Å². The number of hydrogen-bond donors (Lipinski definition) is 1. The highest BCUT2D eigenvalue weighted by molar-refractivity contribution is 7.15. The molecule has 2 aliphatic heterocycles. The topological polar surface area (TPSA) is 57.7 Å². The number of piperidine rings is 1. The van der Waals surface area contributed by atoms with Crippen molar-refractivity contribution in [1.29, 1.82) is 0 Å². The van der Waals surface area contributed by atoms with E-state index in [2.05, 4.69) is 34.5 Å². The van der Waals surface area contributed by atoms with E-state index in [4.69, 9.17) is 9.72 Å². The number of carbonyl (C=O) groups is 1. The van der Waals surface area contributed by atoms with Gasteiger partial charge < -0.3 is 19.9 Å². The molecule has 3 heterocycles. The van der Waals surface area contributed by atoms with E-state index in [-0.39, 0.29) is 6.03 Å². The highest BCUT2D eigenvalue weighted by Gasteiger charge is 2.35. The fourth-order valence-corrected chi connectivity index (χ4v) is 5.97. The minimum Gasteiger partial charge on any atom is -0.490 e. The highest BCUT2D eigenvalue weighted by Crippen LogP contribution is 2.34. The van der Waals surface area contributed by atoms with Gasteiger partial charge in [-0.05, 0) is 57.1 Å². The molecule has 1 N–H and O–H groups in total. The number of rotatable bonds is 5. The molecular formula is C24H32N4O2S. The van der Waals surface area contributed by atoms with Crippen LogP contribution in [-0.4, -0.2) is 59.1 Å². The van der Waals surface area contributed by atoms with Gasteiger partial charge in [0.1, 0.15) is 16.9 Å². The lowest BCUT2D eigenvalue weighted by molar-refractivity contribution is 0.00893. The quantitative estimate of drug-likeness (QED) is 0.753. The largest absolute Gasteiger partial charge is 0.490 e. The van der Waals surface area contributed by atoms with Gasteiger partial charge in [0.2, 0.25) is 0 Å². The number of nitrogens with one attached hydrogen (secondary N) is 1. The van der Waals surface area contributed by atoms with Crippen molar-refractivity contribution in [3.8, 4) is 16.3 Å². The summed E-state index contributed by atoms with van der Waals surface area (Å²) in [6.07, 6.45) is 7.59. The van der Waals surface area contributed by atoms with Crippen LogP contribution in [0.15, 0.2) is 24.3 Å². The smallest absolute Gasteiger partial charge is 0.317 e. The highest BCUT2D eigenvalue weighted by atomic mass is 32.1. The zero-order valence-electron chi connectivity index (χ0n) is 18.3. The van der Waals surface area contributed by atoms with E-state index >= 15 is 0 Å². The van der Waals surface area contributed by atoms with Gasteiger partial charge >= 0.3 is 6.03 Å². The third-order valence-electron chi connectivity index (χ3n) is 6.73. The summed E-state index contributed by atoms with van der Waals surface area (Å²) in [5, 5.41) is 3.92. The van der Waals surface area contributed by atoms with Crippen molar-refractivity contribution in [2.75, 3.05) is 26.2 Å². The first-order chi connectivity index (χ1) is 15.2. The Morgan fingerprint density at radius 1 is 1.16 bits per heavy atom. The van der Waals surface area contributed by atoms with E-state index in [1.54, 1.807) is 11.3 Å². The molecule has 1 saturated heterocycles. The van der Waals surface area contributed by atoms with Crippen LogP contribution in [0.4, 0.5) is 4.79 Å². The second kappa shape index (κ2) is 9.17. The van der Waals surface area contributed by atoms with Crippen LogP contribution in [0.5, 0.6) is 5.75 Å². The van der Waals surface area contributed by atoms with Crippen molar-refractivity contribution in [2.24, 2.45) is 0 Å².